The van der Waals surface area contributed by atoms with Crippen molar-refractivity contribution in [2.24, 2.45) is 5.92 Å². The van der Waals surface area contributed by atoms with Crippen molar-refractivity contribution in [3.63, 3.8) is 0 Å². The van der Waals surface area contributed by atoms with Gasteiger partial charge in [-0.05, 0) is 49.2 Å². The summed E-state index contributed by atoms with van der Waals surface area (Å²) in [6.45, 7) is 0. The number of anilines is 1. The second-order valence-corrected chi connectivity index (χ2v) is 7.38. The maximum Gasteiger partial charge on any atom is 0.228 e. The molecule has 0 aliphatic heterocycles. The van der Waals surface area contributed by atoms with E-state index in [1.807, 2.05) is 42.5 Å². The fourth-order valence-corrected chi connectivity index (χ4v) is 3.36. The number of benzene rings is 2. The second kappa shape index (κ2) is 7.55. The lowest BCUT2D eigenvalue weighted by Gasteiger charge is -2.07. The summed E-state index contributed by atoms with van der Waals surface area (Å²) in [6.07, 6.45) is 3.52. The van der Waals surface area contributed by atoms with Crippen LogP contribution in [-0.4, -0.2) is 20.9 Å². The van der Waals surface area contributed by atoms with Crippen molar-refractivity contribution in [1.82, 2.24) is 15.0 Å². The van der Waals surface area contributed by atoms with Crippen molar-refractivity contribution in [1.29, 1.82) is 0 Å². The van der Waals surface area contributed by atoms with Crippen LogP contribution in [0.15, 0.2) is 72.9 Å². The number of H-pyrrole nitrogens is 1. The van der Waals surface area contributed by atoms with Crippen LogP contribution in [-0.2, 0) is 4.79 Å². The minimum Gasteiger partial charge on any atom is -0.337 e. The molecule has 1 saturated carbocycles. The molecule has 0 atom stereocenters. The molecular weight excluding hydrogens is 379 g/mol. The highest BCUT2D eigenvalue weighted by Gasteiger charge is 2.29. The van der Waals surface area contributed by atoms with Gasteiger partial charge in [-0.15, -0.1) is 0 Å². The molecule has 1 fully saturated rings. The number of aromatic amines is 1. The fraction of sp³-hybridized carbons (Fsp3) is 0.125. The van der Waals surface area contributed by atoms with Crippen LogP contribution in [0.3, 0.4) is 0 Å². The number of amides is 1. The molecule has 2 N–H and O–H groups in total. The largest absolute Gasteiger partial charge is 0.337 e. The molecule has 6 heteroatoms. The van der Waals surface area contributed by atoms with E-state index in [9.17, 15) is 9.18 Å². The number of carbonyl (C=O) groups excluding carboxylic acids is 1. The average Bonchev–Trinajstić information content (AvgIpc) is 3.54. The number of carbonyl (C=O) groups is 1. The first kappa shape index (κ1) is 18.2. The SMILES string of the molecule is O=C(Nc1cc(-c2nc(-c3ccccc3)[nH]c2-c2ccc(F)cc2)ccn1)C1CC1. The summed E-state index contributed by atoms with van der Waals surface area (Å²) < 4.78 is 13.5. The zero-order valence-electron chi connectivity index (χ0n) is 16.1. The van der Waals surface area contributed by atoms with E-state index < -0.39 is 0 Å². The molecule has 148 valence electrons. The first-order valence-electron chi connectivity index (χ1n) is 9.86. The van der Waals surface area contributed by atoms with Gasteiger partial charge in [-0.25, -0.2) is 14.4 Å². The molecule has 1 amide bonds. The van der Waals surface area contributed by atoms with E-state index in [1.54, 1.807) is 18.3 Å². The number of aromatic nitrogens is 3. The first-order valence-corrected chi connectivity index (χ1v) is 9.86. The van der Waals surface area contributed by atoms with Crippen LogP contribution in [0.5, 0.6) is 0 Å². The highest BCUT2D eigenvalue weighted by atomic mass is 19.1. The van der Waals surface area contributed by atoms with Crippen molar-refractivity contribution < 1.29 is 9.18 Å². The molecule has 2 heterocycles. The molecule has 0 bridgehead atoms. The molecule has 4 aromatic rings. The minimum absolute atomic E-state index is 0.00501. The van der Waals surface area contributed by atoms with Crippen molar-refractivity contribution in [2.75, 3.05) is 5.32 Å². The Morgan fingerprint density at radius 3 is 2.47 bits per heavy atom. The van der Waals surface area contributed by atoms with Gasteiger partial charge in [-0.1, -0.05) is 30.3 Å². The number of imidazole rings is 1. The molecule has 2 aromatic carbocycles. The van der Waals surface area contributed by atoms with E-state index in [2.05, 4.69) is 15.3 Å². The van der Waals surface area contributed by atoms with Gasteiger partial charge >= 0.3 is 0 Å². The Balaban J connectivity index is 1.58. The van der Waals surface area contributed by atoms with Crippen molar-refractivity contribution in [3.8, 4) is 33.9 Å². The van der Waals surface area contributed by atoms with Gasteiger partial charge in [0, 0.05) is 28.8 Å². The van der Waals surface area contributed by atoms with Gasteiger partial charge in [0.1, 0.15) is 17.5 Å². The quantitative estimate of drug-likeness (QED) is 0.480. The number of hydrogen-bond acceptors (Lipinski definition) is 3. The van der Waals surface area contributed by atoms with E-state index in [0.29, 0.717) is 17.3 Å². The Labute approximate surface area is 173 Å². The Morgan fingerprint density at radius 1 is 0.967 bits per heavy atom. The van der Waals surface area contributed by atoms with Gasteiger partial charge in [0.2, 0.25) is 5.91 Å². The Morgan fingerprint density at radius 2 is 1.73 bits per heavy atom. The molecule has 1 aliphatic rings. The Kier molecular flexibility index (Phi) is 4.59. The maximum atomic E-state index is 13.5. The summed E-state index contributed by atoms with van der Waals surface area (Å²) in [7, 11) is 0. The van der Waals surface area contributed by atoms with Crippen molar-refractivity contribution >= 4 is 11.7 Å². The summed E-state index contributed by atoms with van der Waals surface area (Å²) in [6, 6.07) is 19.8. The average molecular weight is 398 g/mol. The lowest BCUT2D eigenvalue weighted by atomic mass is 10.1. The Hall–Kier alpha value is -3.80. The van der Waals surface area contributed by atoms with Crippen LogP contribution in [0, 0.1) is 11.7 Å². The fourth-order valence-electron chi connectivity index (χ4n) is 3.36. The molecule has 0 saturated heterocycles. The van der Waals surface area contributed by atoms with Crippen molar-refractivity contribution in [3.05, 3.63) is 78.7 Å². The van der Waals surface area contributed by atoms with Crippen molar-refractivity contribution in [2.45, 2.75) is 12.8 Å². The van der Waals surface area contributed by atoms with Gasteiger partial charge in [-0.3, -0.25) is 4.79 Å². The summed E-state index contributed by atoms with van der Waals surface area (Å²) in [4.78, 5) is 24.6. The van der Waals surface area contributed by atoms with Crippen LogP contribution in [0.1, 0.15) is 12.8 Å². The molecule has 30 heavy (non-hydrogen) atoms. The molecule has 5 nitrogen and oxygen atoms in total. The highest BCUT2D eigenvalue weighted by molar-refractivity contribution is 5.94. The smallest absolute Gasteiger partial charge is 0.228 e. The number of rotatable bonds is 5. The van der Waals surface area contributed by atoms with Gasteiger partial charge in [0.25, 0.3) is 0 Å². The van der Waals surface area contributed by atoms with Crippen LogP contribution in [0.4, 0.5) is 10.2 Å². The van der Waals surface area contributed by atoms with Gasteiger partial charge < -0.3 is 10.3 Å². The predicted octanol–water partition coefficient (Wildman–Crippen LogP) is 5.29. The lowest BCUT2D eigenvalue weighted by Crippen LogP contribution is -2.14. The number of nitrogens with zero attached hydrogens (tertiary/aromatic N) is 2. The van der Waals surface area contributed by atoms with E-state index >= 15 is 0 Å². The number of halogens is 1. The van der Waals surface area contributed by atoms with Gasteiger partial charge in [0.05, 0.1) is 11.4 Å². The van der Waals surface area contributed by atoms with Crippen LogP contribution < -0.4 is 5.32 Å². The van der Waals surface area contributed by atoms with E-state index in [0.717, 1.165) is 35.2 Å². The molecule has 5 rings (SSSR count). The van der Waals surface area contributed by atoms with E-state index in [4.69, 9.17) is 4.98 Å². The normalized spacial score (nSPS) is 13.2. The molecule has 2 aromatic heterocycles. The third-order valence-corrected chi connectivity index (χ3v) is 5.12. The Bertz CT molecular complexity index is 1200. The van der Waals surface area contributed by atoms with Gasteiger partial charge in [-0.2, -0.15) is 0 Å². The predicted molar refractivity (Wildman–Crippen MR) is 114 cm³/mol. The zero-order valence-corrected chi connectivity index (χ0v) is 16.1. The summed E-state index contributed by atoms with van der Waals surface area (Å²) in [5.41, 5.74) is 4.07. The highest BCUT2D eigenvalue weighted by Crippen LogP contribution is 2.34. The summed E-state index contributed by atoms with van der Waals surface area (Å²) >= 11 is 0. The third-order valence-electron chi connectivity index (χ3n) is 5.12. The minimum atomic E-state index is -0.294. The molecule has 1 aliphatic carbocycles. The maximum absolute atomic E-state index is 13.5. The van der Waals surface area contributed by atoms with Gasteiger partial charge in [0.15, 0.2) is 0 Å². The monoisotopic (exact) mass is 398 g/mol. The first-order chi connectivity index (χ1) is 14.7. The zero-order chi connectivity index (χ0) is 20.5. The topological polar surface area (TPSA) is 70.7 Å². The summed E-state index contributed by atoms with van der Waals surface area (Å²) in [5.74, 6) is 1.02. The lowest BCUT2D eigenvalue weighted by molar-refractivity contribution is -0.117. The van der Waals surface area contributed by atoms with Crippen LogP contribution in [0.2, 0.25) is 0 Å². The third kappa shape index (κ3) is 3.72. The molecule has 0 unspecified atom stereocenters. The second-order valence-electron chi connectivity index (χ2n) is 7.38. The summed E-state index contributed by atoms with van der Waals surface area (Å²) in [5, 5.41) is 2.88. The van der Waals surface area contributed by atoms with E-state index in [-0.39, 0.29) is 17.6 Å². The number of nitrogens with one attached hydrogen (secondary N) is 2. The molecule has 0 radical (unpaired) electrons. The molecule has 0 spiro atoms. The number of pyridine rings is 1. The standard InChI is InChI=1S/C24H19FN4O/c25-19-10-8-15(9-11-19)21-22(29-23(28-21)16-4-2-1-3-5-16)18-12-13-26-20(14-18)27-24(30)17-6-7-17/h1-5,8-14,17H,6-7H2,(H,28,29)(H,26,27,30). The van der Waals surface area contributed by atoms with E-state index in [1.165, 1.54) is 12.1 Å². The van der Waals surface area contributed by atoms with Crippen LogP contribution >= 0.6 is 0 Å². The van der Waals surface area contributed by atoms with Crippen LogP contribution in [0.25, 0.3) is 33.9 Å². The molecular formula is C24H19FN4O. The number of hydrogen-bond donors (Lipinski definition) is 2.